The van der Waals surface area contributed by atoms with Gasteiger partial charge in [0, 0.05) is 12.0 Å². The molecule has 0 radical (unpaired) electrons. The summed E-state index contributed by atoms with van der Waals surface area (Å²) in [6.07, 6.45) is 2.48. The van der Waals surface area contributed by atoms with Crippen LogP contribution in [0.25, 0.3) is 0 Å². The summed E-state index contributed by atoms with van der Waals surface area (Å²) < 4.78 is 6.06. The van der Waals surface area contributed by atoms with Crippen LogP contribution >= 0.6 is 0 Å². The summed E-state index contributed by atoms with van der Waals surface area (Å²) in [4.78, 5) is 22.6. The number of aromatic hydroxyl groups is 1. The van der Waals surface area contributed by atoms with Crippen molar-refractivity contribution in [1.29, 1.82) is 0 Å². The second kappa shape index (κ2) is 7.02. The van der Waals surface area contributed by atoms with Gasteiger partial charge in [-0.3, -0.25) is 9.59 Å². The molecule has 0 aliphatic carbocycles. The van der Waals surface area contributed by atoms with Crippen LogP contribution in [0.15, 0.2) is 6.07 Å². The summed E-state index contributed by atoms with van der Waals surface area (Å²) in [5.41, 5.74) is 1.94. The van der Waals surface area contributed by atoms with Crippen LogP contribution in [0.1, 0.15) is 61.5 Å². The Morgan fingerprint density at radius 2 is 2.09 bits per heavy atom. The zero-order chi connectivity index (χ0) is 17.1. The lowest BCUT2D eigenvalue weighted by atomic mass is 9.86. The molecule has 1 aromatic carbocycles. The molecule has 0 saturated heterocycles. The number of aliphatic carboxylic acids is 1. The molecule has 1 aliphatic heterocycles. The average molecular weight is 320 g/mol. The highest BCUT2D eigenvalue weighted by atomic mass is 16.5. The number of fused-ring (bicyclic) bond motifs is 1. The van der Waals surface area contributed by atoms with Gasteiger partial charge in [0.1, 0.15) is 17.6 Å². The van der Waals surface area contributed by atoms with E-state index in [1.807, 2.05) is 13.8 Å². The van der Waals surface area contributed by atoms with Crippen molar-refractivity contribution in [3.8, 4) is 11.5 Å². The lowest BCUT2D eigenvalue weighted by Crippen LogP contribution is -2.32. The number of hydrogen-bond donors (Lipinski definition) is 2. The first kappa shape index (κ1) is 17.3. The van der Waals surface area contributed by atoms with E-state index < -0.39 is 5.97 Å². The van der Waals surface area contributed by atoms with Crippen molar-refractivity contribution in [2.75, 3.05) is 0 Å². The number of rotatable bonds is 6. The minimum absolute atomic E-state index is 0.00429. The van der Waals surface area contributed by atoms with Gasteiger partial charge in [0.05, 0.1) is 5.56 Å². The Morgan fingerprint density at radius 3 is 2.65 bits per heavy atom. The minimum atomic E-state index is -0.838. The van der Waals surface area contributed by atoms with E-state index in [0.29, 0.717) is 29.7 Å². The van der Waals surface area contributed by atoms with E-state index in [1.54, 1.807) is 6.07 Å². The second-order valence-corrected chi connectivity index (χ2v) is 6.32. The maximum atomic E-state index is 11.8. The SMILES string of the molecule is CCCc1c(O)c(C(C)=O)cc2c1OC(CCC(=O)O)C(C)C2. The number of hydrogen-bond acceptors (Lipinski definition) is 4. The van der Waals surface area contributed by atoms with Gasteiger partial charge >= 0.3 is 5.97 Å². The van der Waals surface area contributed by atoms with E-state index in [9.17, 15) is 14.7 Å². The monoisotopic (exact) mass is 320 g/mol. The molecule has 2 atom stereocenters. The molecule has 0 bridgehead atoms. The lowest BCUT2D eigenvalue weighted by molar-refractivity contribution is -0.137. The van der Waals surface area contributed by atoms with Crippen LogP contribution < -0.4 is 4.74 Å². The molecule has 0 saturated carbocycles. The maximum Gasteiger partial charge on any atom is 0.303 e. The molecule has 5 heteroatoms. The summed E-state index contributed by atoms with van der Waals surface area (Å²) in [5, 5.41) is 19.3. The molecule has 1 aliphatic rings. The number of carboxylic acid groups (broad SMARTS) is 1. The molecule has 2 unspecified atom stereocenters. The molecule has 1 aromatic rings. The molecule has 1 heterocycles. The Morgan fingerprint density at radius 1 is 1.39 bits per heavy atom. The van der Waals surface area contributed by atoms with Crippen LogP contribution in [0, 0.1) is 5.92 Å². The number of phenols is 1. The van der Waals surface area contributed by atoms with E-state index in [-0.39, 0.29) is 30.0 Å². The fourth-order valence-electron chi connectivity index (χ4n) is 3.18. The predicted octanol–water partition coefficient (Wildman–Crippen LogP) is 3.35. The molecule has 0 amide bonds. The Bertz CT molecular complexity index is 620. The van der Waals surface area contributed by atoms with E-state index in [0.717, 1.165) is 18.4 Å². The molecule has 0 fully saturated rings. The molecule has 0 aromatic heterocycles. The van der Waals surface area contributed by atoms with Gasteiger partial charge in [-0.15, -0.1) is 0 Å². The first-order valence-corrected chi connectivity index (χ1v) is 8.12. The molecular formula is C18H24O5. The molecule has 5 nitrogen and oxygen atoms in total. The third-order valence-electron chi connectivity index (χ3n) is 4.39. The van der Waals surface area contributed by atoms with Gasteiger partial charge in [0.15, 0.2) is 5.78 Å². The van der Waals surface area contributed by atoms with E-state index in [4.69, 9.17) is 9.84 Å². The van der Waals surface area contributed by atoms with Crippen LogP contribution in [-0.4, -0.2) is 28.1 Å². The number of carbonyl (C=O) groups is 2. The second-order valence-electron chi connectivity index (χ2n) is 6.32. The van der Waals surface area contributed by atoms with E-state index >= 15 is 0 Å². The number of carboxylic acids is 1. The van der Waals surface area contributed by atoms with Crippen molar-refractivity contribution >= 4 is 11.8 Å². The minimum Gasteiger partial charge on any atom is -0.507 e. The van der Waals surface area contributed by atoms with Gasteiger partial charge in [0.2, 0.25) is 0 Å². The number of phenolic OH excluding ortho intramolecular Hbond substituents is 1. The standard InChI is InChI=1S/C18H24O5/c1-4-5-13-17(22)14(11(3)19)9-12-8-10(2)15(23-18(12)13)6-7-16(20)21/h9-10,15,22H,4-8H2,1-3H3,(H,20,21). The summed E-state index contributed by atoms with van der Waals surface area (Å²) in [5.74, 6) is -0.188. The number of benzene rings is 1. The van der Waals surface area contributed by atoms with E-state index in [2.05, 4.69) is 0 Å². The van der Waals surface area contributed by atoms with Crippen LogP contribution in [-0.2, 0) is 17.6 Å². The molecular weight excluding hydrogens is 296 g/mol. The highest BCUT2D eigenvalue weighted by Gasteiger charge is 2.31. The van der Waals surface area contributed by atoms with Gasteiger partial charge in [-0.1, -0.05) is 20.3 Å². The van der Waals surface area contributed by atoms with Crippen molar-refractivity contribution in [3.63, 3.8) is 0 Å². The zero-order valence-corrected chi connectivity index (χ0v) is 13.9. The lowest BCUT2D eigenvalue weighted by Gasteiger charge is -2.33. The fourth-order valence-corrected chi connectivity index (χ4v) is 3.18. The predicted molar refractivity (Wildman–Crippen MR) is 86.3 cm³/mol. The normalized spacial score (nSPS) is 19.8. The number of Topliss-reactive ketones (excluding diaryl/α,β-unsaturated/α-hetero) is 1. The first-order chi connectivity index (χ1) is 10.8. The molecule has 2 rings (SSSR count). The largest absolute Gasteiger partial charge is 0.507 e. The Kier molecular flexibility index (Phi) is 5.29. The van der Waals surface area contributed by atoms with Crippen LogP contribution in [0.3, 0.4) is 0 Å². The first-order valence-electron chi connectivity index (χ1n) is 8.12. The van der Waals surface area contributed by atoms with Gasteiger partial charge in [-0.25, -0.2) is 0 Å². The molecule has 0 spiro atoms. The van der Waals surface area contributed by atoms with Crippen molar-refractivity contribution < 1.29 is 24.5 Å². The van der Waals surface area contributed by atoms with Crippen molar-refractivity contribution in [2.24, 2.45) is 5.92 Å². The molecule has 126 valence electrons. The summed E-state index contributed by atoms with van der Waals surface area (Å²) in [7, 11) is 0. The van der Waals surface area contributed by atoms with Gasteiger partial charge in [0.25, 0.3) is 0 Å². The Balaban J connectivity index is 2.41. The fraction of sp³-hybridized carbons (Fsp3) is 0.556. The quantitative estimate of drug-likeness (QED) is 0.785. The van der Waals surface area contributed by atoms with Crippen LogP contribution in [0.2, 0.25) is 0 Å². The van der Waals surface area contributed by atoms with Crippen molar-refractivity contribution in [3.05, 3.63) is 22.8 Å². The molecule has 23 heavy (non-hydrogen) atoms. The van der Waals surface area contributed by atoms with Crippen LogP contribution in [0.5, 0.6) is 11.5 Å². The smallest absolute Gasteiger partial charge is 0.303 e. The highest BCUT2D eigenvalue weighted by molar-refractivity contribution is 5.97. The van der Waals surface area contributed by atoms with Crippen LogP contribution in [0.4, 0.5) is 0 Å². The van der Waals surface area contributed by atoms with Gasteiger partial charge in [-0.05, 0) is 43.7 Å². The Hall–Kier alpha value is -2.04. The van der Waals surface area contributed by atoms with Crippen molar-refractivity contribution in [2.45, 2.75) is 59.0 Å². The number of ketones is 1. The highest BCUT2D eigenvalue weighted by Crippen LogP contribution is 2.42. The average Bonchev–Trinajstić information content (AvgIpc) is 2.47. The number of ether oxygens (including phenoxy) is 1. The van der Waals surface area contributed by atoms with Gasteiger partial charge in [-0.2, -0.15) is 0 Å². The summed E-state index contributed by atoms with van der Waals surface area (Å²) in [6, 6.07) is 1.72. The van der Waals surface area contributed by atoms with Gasteiger partial charge < -0.3 is 14.9 Å². The maximum absolute atomic E-state index is 11.8. The summed E-state index contributed by atoms with van der Waals surface area (Å²) >= 11 is 0. The number of carbonyl (C=O) groups excluding carboxylic acids is 1. The van der Waals surface area contributed by atoms with E-state index in [1.165, 1.54) is 6.92 Å². The topological polar surface area (TPSA) is 83.8 Å². The zero-order valence-electron chi connectivity index (χ0n) is 13.9. The summed E-state index contributed by atoms with van der Waals surface area (Å²) in [6.45, 7) is 5.47. The third kappa shape index (κ3) is 3.66. The Labute approximate surface area is 136 Å². The third-order valence-corrected chi connectivity index (χ3v) is 4.39. The molecule has 2 N–H and O–H groups in total. The van der Waals surface area contributed by atoms with Crippen molar-refractivity contribution in [1.82, 2.24) is 0 Å².